The van der Waals surface area contributed by atoms with Crippen LogP contribution in [0.25, 0.3) is 16.9 Å². The van der Waals surface area contributed by atoms with Crippen molar-refractivity contribution >= 4 is 11.2 Å². The minimum Gasteiger partial charge on any atom is -0.302 e. The molecule has 1 saturated heterocycles. The smallest absolute Gasteiger partial charge is 0.283 e. The summed E-state index contributed by atoms with van der Waals surface area (Å²) in [5.74, 6) is 0. The first-order chi connectivity index (χ1) is 12.6. The molecule has 7 heteroatoms. The summed E-state index contributed by atoms with van der Waals surface area (Å²) < 4.78 is 3.29. The van der Waals surface area contributed by atoms with Crippen LogP contribution in [0, 0.1) is 13.8 Å². The van der Waals surface area contributed by atoms with Crippen molar-refractivity contribution in [2.75, 3.05) is 19.6 Å². The van der Waals surface area contributed by atoms with Crippen molar-refractivity contribution in [3.63, 3.8) is 0 Å². The van der Waals surface area contributed by atoms with Gasteiger partial charge in [0.1, 0.15) is 6.33 Å². The number of benzene rings is 1. The largest absolute Gasteiger partial charge is 0.302 e. The van der Waals surface area contributed by atoms with E-state index in [9.17, 15) is 4.79 Å². The second kappa shape index (κ2) is 6.99. The van der Waals surface area contributed by atoms with Gasteiger partial charge in [0.2, 0.25) is 0 Å². The summed E-state index contributed by atoms with van der Waals surface area (Å²) in [6.07, 6.45) is 5.43. The number of aromatic nitrogens is 5. The molecule has 0 unspecified atom stereocenters. The third-order valence-corrected chi connectivity index (χ3v) is 4.99. The molecule has 136 valence electrons. The normalized spacial score (nSPS) is 15.6. The van der Waals surface area contributed by atoms with E-state index in [0.29, 0.717) is 17.7 Å². The van der Waals surface area contributed by atoms with Gasteiger partial charge < -0.3 is 4.90 Å². The lowest BCUT2D eigenvalue weighted by atomic mass is 10.1. The highest BCUT2D eigenvalue weighted by Gasteiger charge is 2.15. The highest BCUT2D eigenvalue weighted by Crippen LogP contribution is 2.16. The van der Waals surface area contributed by atoms with Crippen LogP contribution in [0.5, 0.6) is 0 Å². The lowest BCUT2D eigenvalue weighted by molar-refractivity contribution is 0.220. The van der Waals surface area contributed by atoms with Crippen molar-refractivity contribution in [3.05, 3.63) is 46.0 Å². The highest BCUT2D eigenvalue weighted by molar-refractivity contribution is 5.70. The molecule has 0 bridgehead atoms. The maximum Gasteiger partial charge on any atom is 0.283 e. The summed E-state index contributed by atoms with van der Waals surface area (Å²) in [6.45, 7) is 7.82. The van der Waals surface area contributed by atoms with Gasteiger partial charge in [-0.1, -0.05) is 17.7 Å². The van der Waals surface area contributed by atoms with Crippen LogP contribution in [-0.2, 0) is 6.54 Å². The van der Waals surface area contributed by atoms with Crippen molar-refractivity contribution in [2.24, 2.45) is 0 Å². The van der Waals surface area contributed by atoms with E-state index in [4.69, 9.17) is 0 Å². The van der Waals surface area contributed by atoms with Gasteiger partial charge in [-0.2, -0.15) is 4.68 Å². The molecule has 1 aliphatic rings. The Bertz CT molecular complexity index is 963. The van der Waals surface area contributed by atoms with E-state index in [1.165, 1.54) is 19.3 Å². The molecule has 1 aliphatic heterocycles. The second-order valence-electron chi connectivity index (χ2n) is 7.16. The van der Waals surface area contributed by atoms with Gasteiger partial charge in [0, 0.05) is 13.1 Å². The van der Waals surface area contributed by atoms with Crippen molar-refractivity contribution in [2.45, 2.75) is 39.7 Å². The molecular formula is C19H24N6O. The van der Waals surface area contributed by atoms with E-state index >= 15 is 0 Å². The lowest BCUT2D eigenvalue weighted by Gasteiger charge is -2.26. The van der Waals surface area contributed by atoms with E-state index in [2.05, 4.69) is 26.3 Å². The molecule has 0 saturated carbocycles. The van der Waals surface area contributed by atoms with Crippen LogP contribution in [0.1, 0.15) is 30.4 Å². The predicted octanol–water partition coefficient (Wildman–Crippen LogP) is 2.08. The lowest BCUT2D eigenvalue weighted by Crippen LogP contribution is -2.34. The maximum absolute atomic E-state index is 12.8. The Morgan fingerprint density at radius 2 is 1.73 bits per heavy atom. The Labute approximate surface area is 152 Å². The zero-order valence-corrected chi connectivity index (χ0v) is 15.4. The van der Waals surface area contributed by atoms with E-state index in [0.717, 1.165) is 36.4 Å². The molecule has 7 nitrogen and oxygen atoms in total. The number of rotatable bonds is 4. The van der Waals surface area contributed by atoms with E-state index < -0.39 is 0 Å². The zero-order valence-electron chi connectivity index (χ0n) is 15.4. The maximum atomic E-state index is 12.8. The minimum absolute atomic E-state index is 0.123. The van der Waals surface area contributed by atoms with Crippen molar-refractivity contribution in [1.82, 2.24) is 29.4 Å². The molecule has 3 heterocycles. The summed E-state index contributed by atoms with van der Waals surface area (Å²) in [6, 6.07) is 6.14. The summed E-state index contributed by atoms with van der Waals surface area (Å²) in [7, 11) is 0. The predicted molar refractivity (Wildman–Crippen MR) is 101 cm³/mol. The molecule has 26 heavy (non-hydrogen) atoms. The molecule has 1 fully saturated rings. The summed E-state index contributed by atoms with van der Waals surface area (Å²) >= 11 is 0. The first-order valence-electron chi connectivity index (χ1n) is 9.24. The van der Waals surface area contributed by atoms with Gasteiger partial charge in [0.25, 0.3) is 5.56 Å². The Balaban J connectivity index is 1.63. The van der Waals surface area contributed by atoms with Crippen LogP contribution in [-0.4, -0.2) is 49.1 Å². The van der Waals surface area contributed by atoms with Gasteiger partial charge >= 0.3 is 0 Å². The van der Waals surface area contributed by atoms with Gasteiger partial charge in [-0.3, -0.25) is 9.36 Å². The Morgan fingerprint density at radius 1 is 1.00 bits per heavy atom. The number of hydrogen-bond acceptors (Lipinski definition) is 5. The summed E-state index contributed by atoms with van der Waals surface area (Å²) in [5.41, 5.74) is 3.86. The third kappa shape index (κ3) is 3.26. The number of hydrogen-bond donors (Lipinski definition) is 0. The highest BCUT2D eigenvalue weighted by atomic mass is 16.1. The Hall–Kier alpha value is -2.54. The molecule has 4 rings (SSSR count). The average molecular weight is 352 g/mol. The van der Waals surface area contributed by atoms with E-state index in [1.54, 1.807) is 15.6 Å². The summed E-state index contributed by atoms with van der Waals surface area (Å²) in [5, 5.41) is 8.29. The van der Waals surface area contributed by atoms with Crippen molar-refractivity contribution in [1.29, 1.82) is 0 Å². The molecular weight excluding hydrogens is 328 g/mol. The molecule has 0 spiro atoms. The fourth-order valence-electron chi connectivity index (χ4n) is 3.68. The Morgan fingerprint density at radius 3 is 2.46 bits per heavy atom. The Kier molecular flexibility index (Phi) is 4.55. The van der Waals surface area contributed by atoms with Crippen LogP contribution in [0.2, 0.25) is 0 Å². The standard InChI is InChI=1S/C19H24N6O/c1-14-10-15(2)12-16(11-14)25-18-17(21-22-25)19(26)24(13-20-18)9-8-23-6-4-3-5-7-23/h10-13H,3-9H2,1-2H3. The molecule has 2 aromatic heterocycles. The zero-order chi connectivity index (χ0) is 18.1. The first kappa shape index (κ1) is 16.9. The van der Waals surface area contributed by atoms with Crippen LogP contribution in [0.15, 0.2) is 29.3 Å². The number of likely N-dealkylation sites (tertiary alicyclic amines) is 1. The van der Waals surface area contributed by atoms with Crippen molar-refractivity contribution in [3.8, 4) is 5.69 Å². The molecule has 0 radical (unpaired) electrons. The quantitative estimate of drug-likeness (QED) is 0.719. The average Bonchev–Trinajstić information content (AvgIpc) is 3.06. The van der Waals surface area contributed by atoms with Gasteiger partial charge in [-0.15, -0.1) is 5.10 Å². The first-order valence-corrected chi connectivity index (χ1v) is 9.24. The number of fused-ring (bicyclic) bond motifs is 1. The number of aryl methyl sites for hydroxylation is 2. The van der Waals surface area contributed by atoms with Crippen LogP contribution < -0.4 is 5.56 Å². The molecule has 0 aliphatic carbocycles. The van der Waals surface area contributed by atoms with Crippen LogP contribution in [0.3, 0.4) is 0 Å². The molecule has 0 N–H and O–H groups in total. The molecule has 0 amide bonds. The SMILES string of the molecule is Cc1cc(C)cc(-n2nnc3c(=O)n(CCN4CCCCC4)cnc32)c1. The van der Waals surface area contributed by atoms with Crippen molar-refractivity contribution < 1.29 is 0 Å². The summed E-state index contributed by atoms with van der Waals surface area (Å²) in [4.78, 5) is 19.7. The third-order valence-electron chi connectivity index (χ3n) is 4.99. The van der Waals surface area contributed by atoms with E-state index in [-0.39, 0.29) is 5.56 Å². The van der Waals surface area contributed by atoms with Gasteiger partial charge in [-0.25, -0.2) is 4.98 Å². The van der Waals surface area contributed by atoms with Gasteiger partial charge in [-0.05, 0) is 63.0 Å². The van der Waals surface area contributed by atoms with Gasteiger partial charge in [0.05, 0.1) is 5.69 Å². The fourth-order valence-corrected chi connectivity index (χ4v) is 3.68. The van der Waals surface area contributed by atoms with Crippen LogP contribution in [0.4, 0.5) is 0 Å². The molecule has 3 aromatic rings. The van der Waals surface area contributed by atoms with E-state index in [1.807, 2.05) is 26.0 Å². The monoisotopic (exact) mass is 352 g/mol. The second-order valence-corrected chi connectivity index (χ2v) is 7.16. The fraction of sp³-hybridized carbons (Fsp3) is 0.474. The molecule has 0 atom stereocenters. The van der Waals surface area contributed by atoms with Crippen LogP contribution >= 0.6 is 0 Å². The number of piperidine rings is 1. The molecule has 1 aromatic carbocycles. The minimum atomic E-state index is -0.123. The topological polar surface area (TPSA) is 68.8 Å². The van der Waals surface area contributed by atoms with Gasteiger partial charge in [0.15, 0.2) is 11.2 Å². The number of nitrogens with zero attached hydrogens (tertiary/aromatic N) is 6.